The number of aromatic nitrogens is 1. The first-order chi connectivity index (χ1) is 9.86. The lowest BCUT2D eigenvalue weighted by Crippen LogP contribution is -2.43. The molecule has 6 nitrogen and oxygen atoms in total. The van der Waals surface area contributed by atoms with Gasteiger partial charge in [0, 0.05) is 11.1 Å². The van der Waals surface area contributed by atoms with Crippen LogP contribution in [0.4, 0.5) is 9.93 Å². The van der Waals surface area contributed by atoms with Crippen molar-refractivity contribution in [1.82, 2.24) is 9.88 Å². The number of hydrogen-bond donors (Lipinski definition) is 2. The lowest BCUT2D eigenvalue weighted by Gasteiger charge is -2.24. The maximum absolute atomic E-state index is 12.1. The Morgan fingerprint density at radius 3 is 2.81 bits per heavy atom. The van der Waals surface area contributed by atoms with Crippen molar-refractivity contribution in [2.24, 2.45) is 0 Å². The molecule has 2 aromatic rings. The average Bonchev–Trinajstić information content (AvgIpc) is 2.76. The molecule has 2 amide bonds. The van der Waals surface area contributed by atoms with Crippen LogP contribution in [0.15, 0.2) is 18.2 Å². The van der Waals surface area contributed by atoms with E-state index in [-0.39, 0.29) is 12.6 Å². The Morgan fingerprint density at radius 2 is 2.19 bits per heavy atom. The number of thiazole rings is 1. The summed E-state index contributed by atoms with van der Waals surface area (Å²) in [5.74, 6) is -1.06. The molecule has 0 spiro atoms. The first-order valence-corrected chi connectivity index (χ1v) is 7.42. The van der Waals surface area contributed by atoms with Crippen LogP contribution in [0.1, 0.15) is 13.8 Å². The molecule has 21 heavy (non-hydrogen) atoms. The highest BCUT2D eigenvalue weighted by Gasteiger charge is 2.20. The molecule has 0 bridgehead atoms. The molecule has 0 saturated carbocycles. The number of benzene rings is 1. The van der Waals surface area contributed by atoms with E-state index in [9.17, 15) is 9.59 Å². The van der Waals surface area contributed by atoms with Gasteiger partial charge in [-0.1, -0.05) is 22.9 Å². The predicted octanol–water partition coefficient (Wildman–Crippen LogP) is 3.28. The van der Waals surface area contributed by atoms with Crippen LogP contribution < -0.4 is 5.32 Å². The molecule has 1 heterocycles. The summed E-state index contributed by atoms with van der Waals surface area (Å²) in [6, 6.07) is 4.53. The summed E-state index contributed by atoms with van der Waals surface area (Å²) in [5.41, 5.74) is 0.731. The zero-order valence-electron chi connectivity index (χ0n) is 11.5. The highest BCUT2D eigenvalue weighted by Crippen LogP contribution is 2.28. The van der Waals surface area contributed by atoms with E-state index in [0.29, 0.717) is 10.2 Å². The summed E-state index contributed by atoms with van der Waals surface area (Å²) >= 11 is 7.19. The molecule has 0 saturated heterocycles. The Labute approximate surface area is 130 Å². The van der Waals surface area contributed by atoms with Crippen molar-refractivity contribution in [3.63, 3.8) is 0 Å². The van der Waals surface area contributed by atoms with Crippen LogP contribution in [0.5, 0.6) is 0 Å². The molecule has 2 rings (SSSR count). The van der Waals surface area contributed by atoms with Gasteiger partial charge in [-0.2, -0.15) is 0 Å². The second-order valence-electron chi connectivity index (χ2n) is 4.68. The second-order valence-corrected chi connectivity index (χ2v) is 6.14. The molecule has 0 radical (unpaired) electrons. The number of fused-ring (bicyclic) bond motifs is 1. The topological polar surface area (TPSA) is 82.5 Å². The molecule has 0 aliphatic rings. The van der Waals surface area contributed by atoms with Gasteiger partial charge in [0.25, 0.3) is 0 Å². The number of nitrogens with zero attached hydrogens (tertiary/aromatic N) is 2. The van der Waals surface area contributed by atoms with E-state index in [1.807, 2.05) is 0 Å². The van der Waals surface area contributed by atoms with Gasteiger partial charge in [-0.3, -0.25) is 10.1 Å². The molecule has 2 N–H and O–H groups in total. The van der Waals surface area contributed by atoms with Gasteiger partial charge < -0.3 is 10.0 Å². The van der Waals surface area contributed by atoms with Crippen LogP contribution >= 0.6 is 22.9 Å². The van der Waals surface area contributed by atoms with E-state index in [2.05, 4.69) is 10.3 Å². The molecule has 0 atom stereocenters. The summed E-state index contributed by atoms with van der Waals surface area (Å²) in [5, 5.41) is 12.5. The molecular weight excluding hydrogens is 314 g/mol. The van der Waals surface area contributed by atoms with Gasteiger partial charge in [0.2, 0.25) is 0 Å². The summed E-state index contributed by atoms with van der Waals surface area (Å²) in [6.45, 7) is 3.14. The van der Waals surface area contributed by atoms with Crippen molar-refractivity contribution in [1.29, 1.82) is 0 Å². The Morgan fingerprint density at radius 1 is 1.48 bits per heavy atom. The largest absolute Gasteiger partial charge is 0.480 e. The number of rotatable bonds is 4. The minimum atomic E-state index is -1.06. The van der Waals surface area contributed by atoms with Gasteiger partial charge in [0.15, 0.2) is 5.13 Å². The third-order valence-corrected chi connectivity index (χ3v) is 3.92. The number of aliphatic carboxylic acids is 1. The minimum Gasteiger partial charge on any atom is -0.480 e. The minimum absolute atomic E-state index is 0.232. The van der Waals surface area contributed by atoms with Crippen LogP contribution in [-0.2, 0) is 4.79 Å². The fraction of sp³-hybridized carbons (Fsp3) is 0.308. The van der Waals surface area contributed by atoms with Crippen LogP contribution in [-0.4, -0.2) is 39.6 Å². The van der Waals surface area contributed by atoms with Gasteiger partial charge in [0.05, 0.1) is 10.2 Å². The van der Waals surface area contributed by atoms with Crippen LogP contribution in [0.2, 0.25) is 5.02 Å². The highest BCUT2D eigenvalue weighted by molar-refractivity contribution is 7.22. The quantitative estimate of drug-likeness (QED) is 0.902. The van der Waals surface area contributed by atoms with Gasteiger partial charge in [-0.25, -0.2) is 9.78 Å². The SMILES string of the molecule is CC(C)N(CC(=O)O)C(=O)Nc1nc2ccc(Cl)cc2s1. The maximum atomic E-state index is 12.1. The number of hydrogen-bond acceptors (Lipinski definition) is 4. The molecule has 0 fully saturated rings. The molecule has 1 aromatic heterocycles. The molecule has 112 valence electrons. The molecule has 8 heteroatoms. The van der Waals surface area contributed by atoms with Gasteiger partial charge in [-0.15, -0.1) is 0 Å². The van der Waals surface area contributed by atoms with Crippen molar-refractivity contribution >= 4 is 50.3 Å². The summed E-state index contributed by atoms with van der Waals surface area (Å²) < 4.78 is 0.854. The number of carbonyl (C=O) groups excluding carboxylic acids is 1. The van der Waals surface area contributed by atoms with Crippen molar-refractivity contribution in [2.45, 2.75) is 19.9 Å². The molecule has 1 aromatic carbocycles. The predicted molar refractivity (Wildman–Crippen MR) is 83.1 cm³/mol. The molecular formula is C13H14ClN3O3S. The number of carboxylic acids is 1. The third kappa shape index (κ3) is 3.83. The number of urea groups is 1. The first kappa shape index (κ1) is 15.5. The van der Waals surface area contributed by atoms with E-state index in [1.54, 1.807) is 32.0 Å². The lowest BCUT2D eigenvalue weighted by atomic mass is 10.3. The summed E-state index contributed by atoms with van der Waals surface area (Å²) in [6.07, 6.45) is 0. The number of carboxylic acid groups (broad SMARTS) is 1. The van der Waals surface area contributed by atoms with Crippen molar-refractivity contribution < 1.29 is 14.7 Å². The van der Waals surface area contributed by atoms with E-state index >= 15 is 0 Å². The van der Waals surface area contributed by atoms with E-state index in [1.165, 1.54) is 16.2 Å². The average molecular weight is 328 g/mol. The van der Waals surface area contributed by atoms with Gasteiger partial charge in [0.1, 0.15) is 6.54 Å². The standard InChI is InChI=1S/C13H14ClN3O3S/c1-7(2)17(6-11(18)19)13(20)16-12-15-9-4-3-8(14)5-10(9)21-12/h3-5,7H,6H2,1-2H3,(H,18,19)(H,15,16,20). The number of amides is 2. The Balaban J connectivity index is 2.17. The lowest BCUT2D eigenvalue weighted by molar-refractivity contribution is -0.137. The Kier molecular flexibility index (Phi) is 4.64. The van der Waals surface area contributed by atoms with E-state index < -0.39 is 12.0 Å². The molecule has 0 aliphatic carbocycles. The molecule has 0 aliphatic heterocycles. The third-order valence-electron chi connectivity index (χ3n) is 2.75. The normalized spacial score (nSPS) is 10.9. The monoisotopic (exact) mass is 327 g/mol. The first-order valence-electron chi connectivity index (χ1n) is 6.22. The van der Waals surface area contributed by atoms with Crippen molar-refractivity contribution in [3.05, 3.63) is 23.2 Å². The summed E-state index contributed by atoms with van der Waals surface area (Å²) in [7, 11) is 0. The zero-order valence-corrected chi connectivity index (χ0v) is 13.0. The van der Waals surface area contributed by atoms with Gasteiger partial charge >= 0.3 is 12.0 Å². The van der Waals surface area contributed by atoms with Crippen molar-refractivity contribution in [2.75, 3.05) is 11.9 Å². The zero-order chi connectivity index (χ0) is 15.6. The van der Waals surface area contributed by atoms with Crippen molar-refractivity contribution in [3.8, 4) is 0 Å². The summed E-state index contributed by atoms with van der Waals surface area (Å²) in [4.78, 5) is 28.4. The fourth-order valence-corrected chi connectivity index (χ4v) is 2.88. The highest BCUT2D eigenvalue weighted by atomic mass is 35.5. The number of carbonyl (C=O) groups is 2. The Bertz CT molecular complexity index is 686. The smallest absolute Gasteiger partial charge is 0.324 e. The van der Waals surface area contributed by atoms with Crippen LogP contribution in [0.25, 0.3) is 10.2 Å². The van der Waals surface area contributed by atoms with Crippen LogP contribution in [0, 0.1) is 0 Å². The van der Waals surface area contributed by atoms with Gasteiger partial charge in [-0.05, 0) is 32.0 Å². The second kappa shape index (κ2) is 6.28. The maximum Gasteiger partial charge on any atom is 0.324 e. The van der Waals surface area contributed by atoms with E-state index in [0.717, 1.165) is 10.2 Å². The van der Waals surface area contributed by atoms with Crippen LogP contribution in [0.3, 0.4) is 0 Å². The Hall–Kier alpha value is -1.86. The number of nitrogens with one attached hydrogen (secondary N) is 1. The van der Waals surface area contributed by atoms with E-state index in [4.69, 9.17) is 16.7 Å². The number of anilines is 1. The fourth-order valence-electron chi connectivity index (χ4n) is 1.75. The number of halogens is 1. The molecule has 0 unspecified atom stereocenters.